The molecule has 0 bridgehead atoms. The third kappa shape index (κ3) is 2.91. The molecule has 1 heterocycles. The predicted octanol–water partition coefficient (Wildman–Crippen LogP) is -0.0139. The smallest absolute Gasteiger partial charge is 0.0656 e. The molecule has 90 valence electrons. The van der Waals surface area contributed by atoms with E-state index in [1.54, 1.807) is 7.11 Å². The van der Waals surface area contributed by atoms with Crippen LogP contribution in [0.15, 0.2) is 0 Å². The monoisotopic (exact) mass is 215 g/mol. The number of nitrogens with zero attached hydrogens (tertiary/aromatic N) is 2. The van der Waals surface area contributed by atoms with Gasteiger partial charge in [0.15, 0.2) is 0 Å². The van der Waals surface area contributed by atoms with Gasteiger partial charge in [-0.25, -0.2) is 0 Å². The SMILES string of the molecule is COCC(C)(CN)N1CCN(C)CC1C. The molecular weight excluding hydrogens is 190 g/mol. The maximum Gasteiger partial charge on any atom is 0.0656 e. The van der Waals surface area contributed by atoms with Crippen molar-refractivity contribution in [2.75, 3.05) is 46.9 Å². The van der Waals surface area contributed by atoms with Gasteiger partial charge in [0.1, 0.15) is 0 Å². The Morgan fingerprint density at radius 2 is 2.13 bits per heavy atom. The summed E-state index contributed by atoms with van der Waals surface area (Å²) in [6.45, 7) is 9.11. The summed E-state index contributed by atoms with van der Waals surface area (Å²) >= 11 is 0. The van der Waals surface area contributed by atoms with Gasteiger partial charge in [0.25, 0.3) is 0 Å². The average molecular weight is 215 g/mol. The first-order valence-corrected chi connectivity index (χ1v) is 5.68. The van der Waals surface area contributed by atoms with Gasteiger partial charge in [0.2, 0.25) is 0 Å². The van der Waals surface area contributed by atoms with E-state index in [2.05, 4.69) is 30.7 Å². The Morgan fingerprint density at radius 3 is 2.60 bits per heavy atom. The molecule has 2 unspecified atom stereocenters. The minimum absolute atomic E-state index is 0.0184. The molecule has 0 spiro atoms. The number of likely N-dealkylation sites (N-methyl/N-ethyl adjacent to an activating group) is 1. The molecule has 0 aliphatic carbocycles. The highest BCUT2D eigenvalue weighted by Gasteiger charge is 2.36. The molecule has 15 heavy (non-hydrogen) atoms. The fourth-order valence-electron chi connectivity index (χ4n) is 2.51. The van der Waals surface area contributed by atoms with Crippen molar-refractivity contribution < 1.29 is 4.74 Å². The van der Waals surface area contributed by atoms with E-state index in [1.165, 1.54) is 0 Å². The largest absolute Gasteiger partial charge is 0.383 e. The summed E-state index contributed by atoms with van der Waals surface area (Å²) in [5.74, 6) is 0. The summed E-state index contributed by atoms with van der Waals surface area (Å²) in [4.78, 5) is 4.85. The van der Waals surface area contributed by atoms with Crippen molar-refractivity contribution in [3.8, 4) is 0 Å². The molecule has 2 atom stereocenters. The molecule has 1 aliphatic heterocycles. The lowest BCUT2D eigenvalue weighted by molar-refractivity contribution is -0.0281. The van der Waals surface area contributed by atoms with Gasteiger partial charge in [-0.15, -0.1) is 0 Å². The molecule has 1 fully saturated rings. The lowest BCUT2D eigenvalue weighted by atomic mass is 9.97. The van der Waals surface area contributed by atoms with Crippen molar-refractivity contribution in [2.24, 2.45) is 5.73 Å². The standard InChI is InChI=1S/C11H25N3O/c1-10-7-13(3)5-6-14(10)11(2,8-12)9-15-4/h10H,5-9,12H2,1-4H3. The van der Waals surface area contributed by atoms with E-state index < -0.39 is 0 Å². The van der Waals surface area contributed by atoms with Gasteiger partial charge in [-0.2, -0.15) is 0 Å². The number of hydrogen-bond acceptors (Lipinski definition) is 4. The lowest BCUT2D eigenvalue weighted by Gasteiger charge is -2.48. The molecule has 0 aromatic carbocycles. The lowest BCUT2D eigenvalue weighted by Crippen LogP contribution is -2.63. The van der Waals surface area contributed by atoms with E-state index in [1.807, 2.05) is 0 Å². The fraction of sp³-hybridized carbons (Fsp3) is 1.00. The van der Waals surface area contributed by atoms with Crippen molar-refractivity contribution >= 4 is 0 Å². The maximum atomic E-state index is 5.89. The summed E-state index contributed by atoms with van der Waals surface area (Å²) in [7, 11) is 3.92. The van der Waals surface area contributed by atoms with Crippen LogP contribution < -0.4 is 5.73 Å². The number of nitrogens with two attached hydrogens (primary N) is 1. The average Bonchev–Trinajstić information content (AvgIpc) is 2.17. The first kappa shape index (κ1) is 12.9. The van der Waals surface area contributed by atoms with Crippen molar-refractivity contribution in [1.82, 2.24) is 9.80 Å². The molecule has 0 saturated carbocycles. The Hall–Kier alpha value is -0.160. The van der Waals surface area contributed by atoms with Crippen LogP contribution in [0.1, 0.15) is 13.8 Å². The molecule has 4 heteroatoms. The molecule has 0 amide bonds. The Labute approximate surface area is 93.4 Å². The Balaban J connectivity index is 2.67. The Morgan fingerprint density at radius 1 is 1.47 bits per heavy atom. The van der Waals surface area contributed by atoms with Gasteiger partial charge in [0, 0.05) is 39.3 Å². The van der Waals surface area contributed by atoms with E-state index in [0.29, 0.717) is 19.2 Å². The van der Waals surface area contributed by atoms with E-state index in [0.717, 1.165) is 19.6 Å². The van der Waals surface area contributed by atoms with Crippen LogP contribution in [0.4, 0.5) is 0 Å². The van der Waals surface area contributed by atoms with E-state index in [4.69, 9.17) is 10.5 Å². The highest BCUT2D eigenvalue weighted by Crippen LogP contribution is 2.20. The van der Waals surface area contributed by atoms with Gasteiger partial charge >= 0.3 is 0 Å². The van der Waals surface area contributed by atoms with Crippen LogP contribution in [0.3, 0.4) is 0 Å². The van der Waals surface area contributed by atoms with Crippen LogP contribution in [0.25, 0.3) is 0 Å². The topological polar surface area (TPSA) is 41.7 Å². The van der Waals surface area contributed by atoms with Crippen LogP contribution in [-0.4, -0.2) is 68.3 Å². The first-order valence-electron chi connectivity index (χ1n) is 5.68. The third-order valence-electron chi connectivity index (χ3n) is 3.42. The predicted molar refractivity (Wildman–Crippen MR) is 63.0 cm³/mol. The normalized spacial score (nSPS) is 29.0. The molecule has 1 aliphatic rings. The minimum Gasteiger partial charge on any atom is -0.383 e. The van der Waals surface area contributed by atoms with Crippen molar-refractivity contribution in [2.45, 2.75) is 25.4 Å². The van der Waals surface area contributed by atoms with Crippen LogP contribution in [-0.2, 0) is 4.74 Å². The second kappa shape index (κ2) is 5.25. The van der Waals surface area contributed by atoms with Crippen LogP contribution in [0, 0.1) is 0 Å². The van der Waals surface area contributed by atoms with E-state index >= 15 is 0 Å². The molecule has 0 aromatic heterocycles. The number of piperazine rings is 1. The fourth-order valence-corrected chi connectivity index (χ4v) is 2.51. The van der Waals surface area contributed by atoms with Crippen molar-refractivity contribution in [1.29, 1.82) is 0 Å². The highest BCUT2D eigenvalue weighted by molar-refractivity contribution is 4.93. The zero-order valence-corrected chi connectivity index (χ0v) is 10.5. The van der Waals surface area contributed by atoms with Crippen LogP contribution >= 0.6 is 0 Å². The van der Waals surface area contributed by atoms with Gasteiger partial charge < -0.3 is 15.4 Å². The number of ether oxygens (including phenoxy) is 1. The summed E-state index contributed by atoms with van der Waals surface area (Å²) in [5.41, 5.74) is 5.87. The first-order chi connectivity index (χ1) is 7.03. The molecule has 4 nitrogen and oxygen atoms in total. The van der Waals surface area contributed by atoms with Gasteiger partial charge in [-0.05, 0) is 20.9 Å². The van der Waals surface area contributed by atoms with Crippen molar-refractivity contribution in [3.63, 3.8) is 0 Å². The molecule has 0 radical (unpaired) electrons. The van der Waals surface area contributed by atoms with E-state index in [-0.39, 0.29) is 5.54 Å². The van der Waals surface area contributed by atoms with E-state index in [9.17, 15) is 0 Å². The highest BCUT2D eigenvalue weighted by atomic mass is 16.5. The van der Waals surface area contributed by atoms with Crippen molar-refractivity contribution in [3.05, 3.63) is 0 Å². The quantitative estimate of drug-likeness (QED) is 0.716. The summed E-state index contributed by atoms with van der Waals surface area (Å²) in [5, 5.41) is 0. The molecular formula is C11H25N3O. The summed E-state index contributed by atoms with van der Waals surface area (Å²) in [6.07, 6.45) is 0. The number of rotatable bonds is 4. The molecule has 1 saturated heterocycles. The van der Waals surface area contributed by atoms with Gasteiger partial charge in [-0.1, -0.05) is 0 Å². The zero-order valence-electron chi connectivity index (χ0n) is 10.5. The molecule has 1 rings (SSSR count). The summed E-state index contributed by atoms with van der Waals surface area (Å²) < 4.78 is 5.29. The third-order valence-corrected chi connectivity index (χ3v) is 3.42. The molecule has 2 N–H and O–H groups in total. The zero-order chi connectivity index (χ0) is 11.5. The van der Waals surface area contributed by atoms with Gasteiger partial charge in [0.05, 0.1) is 12.1 Å². The number of methoxy groups -OCH3 is 1. The van der Waals surface area contributed by atoms with Crippen LogP contribution in [0.5, 0.6) is 0 Å². The Kier molecular flexibility index (Phi) is 4.52. The summed E-state index contributed by atoms with van der Waals surface area (Å²) in [6, 6.07) is 0.549. The van der Waals surface area contributed by atoms with Gasteiger partial charge in [-0.3, -0.25) is 4.90 Å². The molecule has 0 aromatic rings. The minimum atomic E-state index is -0.0184. The number of hydrogen-bond donors (Lipinski definition) is 1. The van der Waals surface area contributed by atoms with Crippen LogP contribution in [0.2, 0.25) is 0 Å². The second-order valence-corrected chi connectivity index (χ2v) is 4.94. The maximum absolute atomic E-state index is 5.89. The Bertz CT molecular complexity index is 200. The second-order valence-electron chi connectivity index (χ2n) is 4.94.